The van der Waals surface area contributed by atoms with Crippen molar-refractivity contribution in [2.75, 3.05) is 32.1 Å². The molecule has 0 unspecified atom stereocenters. The highest BCUT2D eigenvalue weighted by atomic mass is 16.5. The van der Waals surface area contributed by atoms with E-state index in [0.717, 1.165) is 30.8 Å². The Hall–Kier alpha value is -2.34. The minimum Gasteiger partial charge on any atom is -0.497 e. The predicted molar refractivity (Wildman–Crippen MR) is 89.4 cm³/mol. The van der Waals surface area contributed by atoms with Gasteiger partial charge in [-0.3, -0.25) is 14.5 Å². The molecule has 0 aliphatic carbocycles. The quantitative estimate of drug-likeness (QED) is 0.746. The average molecular weight is 317 g/mol. The Morgan fingerprint density at radius 2 is 2.13 bits per heavy atom. The molecule has 1 fully saturated rings. The number of anilines is 1. The number of benzene rings is 1. The smallest absolute Gasteiger partial charge is 0.241 e. The highest BCUT2D eigenvalue weighted by Gasteiger charge is 2.31. The molecule has 1 aromatic carbocycles. The van der Waals surface area contributed by atoms with Crippen LogP contribution < -0.4 is 15.4 Å². The first-order valence-electron chi connectivity index (χ1n) is 7.70. The summed E-state index contributed by atoms with van der Waals surface area (Å²) in [5.41, 5.74) is 0.721. The molecule has 2 rings (SSSR count). The van der Waals surface area contributed by atoms with Crippen LogP contribution in [0.15, 0.2) is 36.9 Å². The molecule has 0 saturated carbocycles. The molecule has 0 aromatic heterocycles. The zero-order chi connectivity index (χ0) is 16.7. The Bertz CT molecular complexity index is 557. The van der Waals surface area contributed by atoms with Crippen molar-refractivity contribution in [2.24, 2.45) is 0 Å². The number of rotatable bonds is 7. The molecule has 1 atom stereocenters. The molecule has 1 aliphatic rings. The first-order valence-corrected chi connectivity index (χ1v) is 7.70. The molecule has 0 bridgehead atoms. The maximum Gasteiger partial charge on any atom is 0.241 e. The number of hydrogen-bond acceptors (Lipinski definition) is 4. The third kappa shape index (κ3) is 4.82. The highest BCUT2D eigenvalue weighted by Crippen LogP contribution is 2.20. The SMILES string of the molecule is C=CCNC(=O)CN1CCC[C@H]1C(=O)Nc1ccc(OC)cc1. The van der Waals surface area contributed by atoms with Crippen LogP contribution in [0.4, 0.5) is 5.69 Å². The number of ether oxygens (including phenoxy) is 1. The van der Waals surface area contributed by atoms with E-state index in [1.165, 1.54) is 0 Å². The fourth-order valence-corrected chi connectivity index (χ4v) is 2.64. The van der Waals surface area contributed by atoms with E-state index in [9.17, 15) is 9.59 Å². The van der Waals surface area contributed by atoms with Crippen molar-refractivity contribution in [3.05, 3.63) is 36.9 Å². The van der Waals surface area contributed by atoms with Crippen LogP contribution in [0.1, 0.15) is 12.8 Å². The molecular formula is C17H23N3O3. The minimum absolute atomic E-state index is 0.0795. The van der Waals surface area contributed by atoms with Gasteiger partial charge in [0, 0.05) is 12.2 Å². The summed E-state index contributed by atoms with van der Waals surface area (Å²) in [6.45, 7) is 4.99. The van der Waals surface area contributed by atoms with E-state index in [-0.39, 0.29) is 24.4 Å². The summed E-state index contributed by atoms with van der Waals surface area (Å²) in [5.74, 6) is 0.572. The van der Waals surface area contributed by atoms with Gasteiger partial charge in [0.05, 0.1) is 19.7 Å². The Morgan fingerprint density at radius 3 is 2.78 bits per heavy atom. The van der Waals surface area contributed by atoms with Gasteiger partial charge in [0.25, 0.3) is 0 Å². The molecule has 0 spiro atoms. The third-order valence-corrected chi connectivity index (χ3v) is 3.81. The van der Waals surface area contributed by atoms with E-state index >= 15 is 0 Å². The summed E-state index contributed by atoms with van der Waals surface area (Å²) in [7, 11) is 1.60. The monoisotopic (exact) mass is 317 g/mol. The summed E-state index contributed by atoms with van der Waals surface area (Å²) in [6, 6.07) is 6.92. The molecule has 1 heterocycles. The Kier molecular flexibility index (Phi) is 6.17. The molecule has 0 radical (unpaired) electrons. The number of nitrogens with one attached hydrogen (secondary N) is 2. The van der Waals surface area contributed by atoms with Gasteiger partial charge in [0.1, 0.15) is 5.75 Å². The molecule has 1 aliphatic heterocycles. The summed E-state index contributed by atoms with van der Waals surface area (Å²) >= 11 is 0. The number of nitrogens with zero attached hydrogens (tertiary/aromatic N) is 1. The van der Waals surface area contributed by atoms with E-state index in [1.807, 2.05) is 4.90 Å². The molecule has 6 heteroatoms. The van der Waals surface area contributed by atoms with Gasteiger partial charge in [-0.1, -0.05) is 6.08 Å². The first-order chi connectivity index (χ1) is 11.1. The molecule has 1 saturated heterocycles. The standard InChI is InChI=1S/C17H23N3O3/c1-3-10-18-16(21)12-20-11-4-5-15(20)17(22)19-13-6-8-14(23-2)9-7-13/h3,6-9,15H,1,4-5,10-12H2,2H3,(H,18,21)(H,19,22)/t15-/m0/s1. The average Bonchev–Trinajstić information content (AvgIpc) is 3.01. The Morgan fingerprint density at radius 1 is 1.39 bits per heavy atom. The number of amides is 2. The zero-order valence-corrected chi connectivity index (χ0v) is 13.4. The van der Waals surface area contributed by atoms with E-state index in [4.69, 9.17) is 4.74 Å². The predicted octanol–water partition coefficient (Wildman–Crippen LogP) is 1.40. The van der Waals surface area contributed by atoms with Gasteiger partial charge >= 0.3 is 0 Å². The summed E-state index contributed by atoms with van der Waals surface area (Å²) in [6.07, 6.45) is 3.31. The number of carbonyl (C=O) groups is 2. The second-order valence-electron chi connectivity index (χ2n) is 5.44. The normalized spacial score (nSPS) is 17.5. The lowest BCUT2D eigenvalue weighted by atomic mass is 10.2. The van der Waals surface area contributed by atoms with Crippen molar-refractivity contribution in [2.45, 2.75) is 18.9 Å². The van der Waals surface area contributed by atoms with Crippen LogP contribution in [0.2, 0.25) is 0 Å². The highest BCUT2D eigenvalue weighted by molar-refractivity contribution is 5.95. The van der Waals surface area contributed by atoms with E-state index in [0.29, 0.717) is 6.54 Å². The van der Waals surface area contributed by atoms with Crippen LogP contribution in [0, 0.1) is 0 Å². The second-order valence-corrected chi connectivity index (χ2v) is 5.44. The van der Waals surface area contributed by atoms with Gasteiger partial charge in [-0.25, -0.2) is 0 Å². The van der Waals surface area contributed by atoms with Crippen LogP contribution in [-0.2, 0) is 9.59 Å². The number of likely N-dealkylation sites (tertiary alicyclic amines) is 1. The zero-order valence-electron chi connectivity index (χ0n) is 13.4. The summed E-state index contributed by atoms with van der Waals surface area (Å²) in [5, 5.41) is 5.63. The number of hydrogen-bond donors (Lipinski definition) is 2. The van der Waals surface area contributed by atoms with Gasteiger partial charge < -0.3 is 15.4 Å². The lowest BCUT2D eigenvalue weighted by Crippen LogP contribution is -2.44. The van der Waals surface area contributed by atoms with Crippen LogP contribution in [0.25, 0.3) is 0 Å². The van der Waals surface area contributed by atoms with Crippen LogP contribution in [0.3, 0.4) is 0 Å². The fourth-order valence-electron chi connectivity index (χ4n) is 2.64. The molecule has 2 N–H and O–H groups in total. The van der Waals surface area contributed by atoms with E-state index < -0.39 is 0 Å². The van der Waals surface area contributed by atoms with Crippen molar-refractivity contribution in [1.82, 2.24) is 10.2 Å². The number of methoxy groups -OCH3 is 1. The Balaban J connectivity index is 1.91. The lowest BCUT2D eigenvalue weighted by molar-refractivity contribution is -0.124. The molecule has 124 valence electrons. The van der Waals surface area contributed by atoms with Gasteiger partial charge in [-0.15, -0.1) is 6.58 Å². The summed E-state index contributed by atoms with van der Waals surface area (Å²) < 4.78 is 5.09. The second kappa shape index (κ2) is 8.33. The van der Waals surface area contributed by atoms with Crippen LogP contribution >= 0.6 is 0 Å². The van der Waals surface area contributed by atoms with Crippen molar-refractivity contribution in [1.29, 1.82) is 0 Å². The van der Waals surface area contributed by atoms with Crippen LogP contribution in [0.5, 0.6) is 5.75 Å². The van der Waals surface area contributed by atoms with E-state index in [2.05, 4.69) is 17.2 Å². The van der Waals surface area contributed by atoms with Gasteiger partial charge in [-0.2, -0.15) is 0 Å². The van der Waals surface area contributed by atoms with Gasteiger partial charge in [0.15, 0.2) is 0 Å². The first kappa shape index (κ1) is 17.0. The fraction of sp³-hybridized carbons (Fsp3) is 0.412. The maximum absolute atomic E-state index is 12.4. The third-order valence-electron chi connectivity index (χ3n) is 3.81. The molecular weight excluding hydrogens is 294 g/mol. The van der Waals surface area contributed by atoms with Crippen molar-refractivity contribution < 1.29 is 14.3 Å². The van der Waals surface area contributed by atoms with Crippen LogP contribution in [-0.4, -0.2) is 49.5 Å². The largest absolute Gasteiger partial charge is 0.497 e. The number of carbonyl (C=O) groups excluding carboxylic acids is 2. The van der Waals surface area contributed by atoms with Gasteiger partial charge in [0.2, 0.25) is 11.8 Å². The minimum atomic E-state index is -0.272. The van der Waals surface area contributed by atoms with E-state index in [1.54, 1.807) is 37.5 Å². The molecule has 23 heavy (non-hydrogen) atoms. The van der Waals surface area contributed by atoms with Crippen molar-refractivity contribution in [3.63, 3.8) is 0 Å². The van der Waals surface area contributed by atoms with Gasteiger partial charge in [-0.05, 0) is 43.7 Å². The van der Waals surface area contributed by atoms with Crippen molar-refractivity contribution >= 4 is 17.5 Å². The summed E-state index contributed by atoms with van der Waals surface area (Å²) in [4.78, 5) is 26.2. The van der Waals surface area contributed by atoms with Crippen molar-refractivity contribution in [3.8, 4) is 5.75 Å². The lowest BCUT2D eigenvalue weighted by Gasteiger charge is -2.23. The Labute approximate surface area is 136 Å². The molecule has 6 nitrogen and oxygen atoms in total. The maximum atomic E-state index is 12.4. The topological polar surface area (TPSA) is 70.7 Å². The molecule has 1 aromatic rings. The molecule has 2 amide bonds.